The highest BCUT2D eigenvalue weighted by Gasteiger charge is 2.14. The maximum absolute atomic E-state index is 11.5. The molecule has 98 valence electrons. The van der Waals surface area contributed by atoms with Gasteiger partial charge in [-0.25, -0.2) is 8.42 Å². The third-order valence-electron chi connectivity index (χ3n) is 2.10. The Morgan fingerprint density at radius 1 is 1.39 bits per heavy atom. The van der Waals surface area contributed by atoms with E-state index in [1.165, 1.54) is 13.2 Å². The Kier molecular flexibility index (Phi) is 4.91. The number of benzene rings is 1. The van der Waals surface area contributed by atoms with E-state index in [1.807, 2.05) is 0 Å². The molecule has 0 fully saturated rings. The molecule has 0 atom stereocenters. The zero-order valence-corrected chi connectivity index (χ0v) is 10.9. The molecule has 0 saturated heterocycles. The van der Waals surface area contributed by atoms with Crippen molar-refractivity contribution in [2.75, 3.05) is 23.9 Å². The van der Waals surface area contributed by atoms with Crippen molar-refractivity contribution in [2.24, 2.45) is 0 Å². The molecule has 5 nitrogen and oxygen atoms in total. The van der Waals surface area contributed by atoms with Crippen LogP contribution >= 0.6 is 0 Å². The van der Waals surface area contributed by atoms with Gasteiger partial charge in [-0.15, -0.1) is 6.58 Å². The molecular formula is C12H15NO4S. The highest BCUT2D eigenvalue weighted by Crippen LogP contribution is 2.14. The molecule has 0 aliphatic carbocycles. The van der Waals surface area contributed by atoms with Gasteiger partial charge in [-0.1, -0.05) is 6.08 Å². The van der Waals surface area contributed by atoms with Gasteiger partial charge >= 0.3 is 0 Å². The summed E-state index contributed by atoms with van der Waals surface area (Å²) in [6.45, 7) is 3.33. The number of anilines is 1. The first kappa shape index (κ1) is 14.2. The third-order valence-corrected chi connectivity index (χ3v) is 3.54. The van der Waals surface area contributed by atoms with Gasteiger partial charge in [0.05, 0.1) is 12.9 Å². The van der Waals surface area contributed by atoms with E-state index < -0.39 is 21.5 Å². The minimum Gasteiger partial charge on any atom is -0.497 e. The molecule has 0 heterocycles. The number of rotatable bonds is 6. The summed E-state index contributed by atoms with van der Waals surface area (Å²) in [6.07, 6.45) is 1.26. The molecule has 0 aliphatic rings. The first-order chi connectivity index (χ1) is 8.46. The standard InChI is InChI=1S/C12H15NO4S/c1-3-8-18(15,16)9-12(14)13-10-4-6-11(17-2)7-5-10/h3-7H,1,8-9H2,2H3,(H,13,14). The van der Waals surface area contributed by atoms with Crippen LogP contribution in [0.2, 0.25) is 0 Å². The van der Waals surface area contributed by atoms with Crippen molar-refractivity contribution in [3.05, 3.63) is 36.9 Å². The van der Waals surface area contributed by atoms with Crippen LogP contribution in [0.3, 0.4) is 0 Å². The Morgan fingerprint density at radius 3 is 2.50 bits per heavy atom. The fourth-order valence-corrected chi connectivity index (χ4v) is 2.26. The second kappa shape index (κ2) is 6.20. The zero-order valence-electron chi connectivity index (χ0n) is 10.0. The number of ether oxygens (including phenoxy) is 1. The predicted octanol–water partition coefficient (Wildman–Crippen LogP) is 1.23. The van der Waals surface area contributed by atoms with Gasteiger partial charge < -0.3 is 10.1 Å². The van der Waals surface area contributed by atoms with E-state index >= 15 is 0 Å². The van der Waals surface area contributed by atoms with Gasteiger partial charge in [0.1, 0.15) is 11.5 Å². The second-order valence-electron chi connectivity index (χ2n) is 3.62. The van der Waals surface area contributed by atoms with Crippen molar-refractivity contribution in [1.29, 1.82) is 0 Å². The molecule has 1 rings (SSSR count). The Hall–Kier alpha value is -1.82. The fourth-order valence-electron chi connectivity index (χ4n) is 1.31. The average molecular weight is 269 g/mol. The quantitative estimate of drug-likeness (QED) is 0.788. The molecule has 0 saturated carbocycles. The molecule has 18 heavy (non-hydrogen) atoms. The first-order valence-corrected chi connectivity index (χ1v) is 7.04. The van der Waals surface area contributed by atoms with Gasteiger partial charge in [-0.3, -0.25) is 4.79 Å². The van der Waals surface area contributed by atoms with E-state index in [4.69, 9.17) is 4.74 Å². The van der Waals surface area contributed by atoms with Crippen LogP contribution in [-0.2, 0) is 14.6 Å². The van der Waals surface area contributed by atoms with Crippen molar-refractivity contribution in [3.63, 3.8) is 0 Å². The van der Waals surface area contributed by atoms with Gasteiger partial charge in [0, 0.05) is 5.69 Å². The smallest absolute Gasteiger partial charge is 0.239 e. The lowest BCUT2D eigenvalue weighted by Crippen LogP contribution is -2.24. The Bertz CT molecular complexity index is 520. The average Bonchev–Trinajstić information content (AvgIpc) is 2.28. The summed E-state index contributed by atoms with van der Waals surface area (Å²) in [7, 11) is -1.88. The van der Waals surface area contributed by atoms with Crippen molar-refractivity contribution >= 4 is 21.4 Å². The first-order valence-electron chi connectivity index (χ1n) is 5.22. The number of methoxy groups -OCH3 is 1. The van der Waals surface area contributed by atoms with Gasteiger partial charge in [-0.05, 0) is 24.3 Å². The number of carbonyl (C=O) groups excluding carboxylic acids is 1. The molecule has 0 radical (unpaired) electrons. The van der Waals surface area contributed by atoms with E-state index in [-0.39, 0.29) is 5.75 Å². The molecule has 6 heteroatoms. The molecule has 0 spiro atoms. The van der Waals surface area contributed by atoms with Crippen LogP contribution in [-0.4, -0.2) is 32.9 Å². The minimum absolute atomic E-state index is 0.205. The van der Waals surface area contributed by atoms with Crippen LogP contribution < -0.4 is 10.1 Å². The van der Waals surface area contributed by atoms with Crippen LogP contribution in [0.4, 0.5) is 5.69 Å². The number of hydrogen-bond acceptors (Lipinski definition) is 4. The van der Waals surface area contributed by atoms with E-state index in [2.05, 4.69) is 11.9 Å². The summed E-state index contributed by atoms with van der Waals surface area (Å²) in [6, 6.07) is 6.62. The summed E-state index contributed by atoms with van der Waals surface area (Å²) in [4.78, 5) is 11.5. The van der Waals surface area contributed by atoms with Crippen molar-refractivity contribution < 1.29 is 17.9 Å². The summed E-state index contributed by atoms with van der Waals surface area (Å²) in [5.74, 6) is -0.664. The van der Waals surface area contributed by atoms with Crippen LogP contribution in [0.15, 0.2) is 36.9 Å². The maximum Gasteiger partial charge on any atom is 0.239 e. The van der Waals surface area contributed by atoms with Crippen molar-refractivity contribution in [1.82, 2.24) is 0 Å². The van der Waals surface area contributed by atoms with E-state index in [1.54, 1.807) is 24.3 Å². The Balaban J connectivity index is 2.61. The summed E-state index contributed by atoms with van der Waals surface area (Å²) in [5.41, 5.74) is 0.523. The molecule has 1 aromatic carbocycles. The summed E-state index contributed by atoms with van der Waals surface area (Å²) < 4.78 is 27.7. The van der Waals surface area contributed by atoms with E-state index in [0.29, 0.717) is 11.4 Å². The monoisotopic (exact) mass is 269 g/mol. The number of sulfone groups is 1. The van der Waals surface area contributed by atoms with Gasteiger partial charge in [0.2, 0.25) is 5.91 Å². The number of hydrogen-bond donors (Lipinski definition) is 1. The molecule has 1 aromatic rings. The zero-order chi connectivity index (χ0) is 13.6. The fraction of sp³-hybridized carbons (Fsp3) is 0.250. The lowest BCUT2D eigenvalue weighted by atomic mass is 10.3. The van der Waals surface area contributed by atoms with Gasteiger partial charge in [0.25, 0.3) is 0 Å². The number of carbonyl (C=O) groups is 1. The van der Waals surface area contributed by atoms with Crippen LogP contribution in [0.1, 0.15) is 0 Å². The molecule has 1 N–H and O–H groups in total. The third kappa shape index (κ3) is 4.58. The second-order valence-corrected chi connectivity index (χ2v) is 5.73. The molecule has 0 bridgehead atoms. The minimum atomic E-state index is -3.42. The van der Waals surface area contributed by atoms with E-state index in [9.17, 15) is 13.2 Å². The lowest BCUT2D eigenvalue weighted by Gasteiger charge is -2.06. The highest BCUT2D eigenvalue weighted by molar-refractivity contribution is 7.92. The Labute approximate surface area is 106 Å². The van der Waals surface area contributed by atoms with Gasteiger partial charge in [0.15, 0.2) is 9.84 Å². The lowest BCUT2D eigenvalue weighted by molar-refractivity contribution is -0.113. The molecule has 0 unspecified atom stereocenters. The molecule has 1 amide bonds. The molecule has 0 aromatic heterocycles. The van der Waals surface area contributed by atoms with Crippen LogP contribution in [0.25, 0.3) is 0 Å². The SMILES string of the molecule is C=CCS(=O)(=O)CC(=O)Nc1ccc(OC)cc1. The largest absolute Gasteiger partial charge is 0.497 e. The summed E-state index contributed by atoms with van der Waals surface area (Å²) >= 11 is 0. The molecule has 0 aliphatic heterocycles. The number of nitrogens with one attached hydrogen (secondary N) is 1. The van der Waals surface area contributed by atoms with Crippen molar-refractivity contribution in [2.45, 2.75) is 0 Å². The normalized spacial score (nSPS) is 10.7. The Morgan fingerprint density at radius 2 is 2.00 bits per heavy atom. The van der Waals surface area contributed by atoms with Gasteiger partial charge in [-0.2, -0.15) is 0 Å². The predicted molar refractivity (Wildman–Crippen MR) is 70.5 cm³/mol. The summed E-state index contributed by atoms with van der Waals surface area (Å²) in [5, 5.41) is 2.50. The maximum atomic E-state index is 11.5. The molecular weight excluding hydrogens is 254 g/mol. The van der Waals surface area contributed by atoms with Crippen LogP contribution in [0, 0.1) is 0 Å². The topological polar surface area (TPSA) is 72.5 Å². The number of amides is 1. The van der Waals surface area contributed by atoms with E-state index in [0.717, 1.165) is 0 Å². The van der Waals surface area contributed by atoms with Crippen LogP contribution in [0.5, 0.6) is 5.75 Å². The van der Waals surface area contributed by atoms with Crippen molar-refractivity contribution in [3.8, 4) is 5.75 Å². The highest BCUT2D eigenvalue weighted by atomic mass is 32.2.